The fourth-order valence-electron chi connectivity index (χ4n) is 3.27. The second-order valence-electron chi connectivity index (χ2n) is 7.79. The number of sulfonamides is 1. The molecule has 2 aromatic heterocycles. The zero-order chi connectivity index (χ0) is 26.1. The first-order chi connectivity index (χ1) is 16.9. The van der Waals surface area contributed by atoms with E-state index < -0.39 is 44.8 Å². The molecule has 2 aromatic carbocycles. The summed E-state index contributed by atoms with van der Waals surface area (Å²) < 4.78 is 84.1. The van der Waals surface area contributed by atoms with E-state index in [-0.39, 0.29) is 23.2 Å². The van der Waals surface area contributed by atoms with E-state index in [4.69, 9.17) is 4.42 Å². The Morgan fingerprint density at radius 3 is 2.56 bits per heavy atom. The van der Waals surface area contributed by atoms with Gasteiger partial charge in [0.05, 0.1) is 24.1 Å². The molecule has 2 N–H and O–H groups in total. The van der Waals surface area contributed by atoms with Crippen LogP contribution in [0.3, 0.4) is 0 Å². The number of carbonyl (C=O) groups excluding carboxylic acids is 1. The van der Waals surface area contributed by atoms with Crippen LogP contribution in [0.1, 0.15) is 18.2 Å². The van der Waals surface area contributed by atoms with Gasteiger partial charge in [-0.2, -0.15) is 17.9 Å². The maximum Gasteiger partial charge on any atom is 0.434 e. The van der Waals surface area contributed by atoms with Gasteiger partial charge in [-0.15, -0.1) is 0 Å². The van der Waals surface area contributed by atoms with Gasteiger partial charge >= 0.3 is 6.18 Å². The van der Waals surface area contributed by atoms with Crippen molar-refractivity contribution < 1.29 is 35.2 Å². The van der Waals surface area contributed by atoms with Crippen molar-refractivity contribution in [1.29, 1.82) is 0 Å². The fraction of sp³-hybridized carbons (Fsp3) is 0.174. The molecule has 0 aliphatic heterocycles. The second kappa shape index (κ2) is 9.66. The van der Waals surface area contributed by atoms with E-state index in [1.807, 2.05) is 0 Å². The lowest BCUT2D eigenvalue weighted by Gasteiger charge is -2.14. The van der Waals surface area contributed by atoms with Gasteiger partial charge in [0.25, 0.3) is 10.0 Å². The summed E-state index contributed by atoms with van der Waals surface area (Å²) in [7, 11) is -4.21. The van der Waals surface area contributed by atoms with Crippen LogP contribution >= 0.6 is 0 Å². The van der Waals surface area contributed by atoms with E-state index in [9.17, 15) is 30.8 Å². The van der Waals surface area contributed by atoms with Crippen LogP contribution in [0.5, 0.6) is 0 Å². The highest BCUT2D eigenvalue weighted by Crippen LogP contribution is 2.28. The van der Waals surface area contributed by atoms with Gasteiger partial charge in [-0.3, -0.25) is 9.78 Å². The number of alkyl halides is 3. The number of furan rings is 1. The third-order valence-electron chi connectivity index (χ3n) is 5.08. The van der Waals surface area contributed by atoms with Crippen molar-refractivity contribution in [2.75, 3.05) is 0 Å². The maximum atomic E-state index is 13.4. The third kappa shape index (κ3) is 5.69. The van der Waals surface area contributed by atoms with Crippen molar-refractivity contribution in [1.82, 2.24) is 20.0 Å². The molecule has 1 atom stereocenters. The lowest BCUT2D eigenvalue weighted by atomic mass is 10.1. The van der Waals surface area contributed by atoms with Crippen LogP contribution in [0.15, 0.2) is 70.4 Å². The van der Waals surface area contributed by atoms with Crippen molar-refractivity contribution >= 4 is 26.9 Å². The molecule has 0 bridgehead atoms. The number of halogens is 4. The molecular formula is C23H18F4N4O4S. The van der Waals surface area contributed by atoms with Crippen LogP contribution in [0.25, 0.3) is 22.2 Å². The van der Waals surface area contributed by atoms with E-state index in [1.54, 1.807) is 24.3 Å². The molecule has 0 radical (unpaired) electrons. The van der Waals surface area contributed by atoms with E-state index in [0.29, 0.717) is 17.3 Å². The normalized spacial score (nSPS) is 13.0. The van der Waals surface area contributed by atoms with Crippen molar-refractivity contribution in [3.63, 3.8) is 0 Å². The highest BCUT2D eigenvalue weighted by Gasteiger charge is 2.32. The van der Waals surface area contributed by atoms with Crippen LogP contribution in [-0.2, 0) is 27.5 Å². The first-order valence-electron chi connectivity index (χ1n) is 10.4. The summed E-state index contributed by atoms with van der Waals surface area (Å²) in [5, 5.41) is 2.37. The van der Waals surface area contributed by atoms with Crippen LogP contribution in [0.2, 0.25) is 0 Å². The van der Waals surface area contributed by atoms with Crippen molar-refractivity contribution in [3.05, 3.63) is 78.0 Å². The van der Waals surface area contributed by atoms with Crippen LogP contribution < -0.4 is 10.0 Å². The molecule has 0 saturated heterocycles. The number of carbonyl (C=O) groups is 1. The minimum absolute atomic E-state index is 0.0106. The Bertz CT molecular complexity index is 1520. The monoisotopic (exact) mass is 522 g/mol. The highest BCUT2D eigenvalue weighted by atomic mass is 32.2. The fourth-order valence-corrected chi connectivity index (χ4v) is 4.44. The van der Waals surface area contributed by atoms with Crippen LogP contribution in [-0.4, -0.2) is 30.3 Å². The van der Waals surface area contributed by atoms with Crippen molar-refractivity contribution in [2.24, 2.45) is 0 Å². The largest absolute Gasteiger partial charge is 0.443 e. The SMILES string of the molecule is C[C@H](NS(=O)(=O)c1cc2cc(F)ccc2o1)C(=O)NCc1cccc(-c2cnc(C(F)(F)F)cn2)c1. The Labute approximate surface area is 202 Å². The molecule has 36 heavy (non-hydrogen) atoms. The predicted molar refractivity (Wildman–Crippen MR) is 120 cm³/mol. The molecule has 0 aliphatic carbocycles. The van der Waals surface area contributed by atoms with Gasteiger partial charge in [0.15, 0.2) is 5.69 Å². The average Bonchev–Trinajstić information content (AvgIpc) is 3.26. The summed E-state index contributed by atoms with van der Waals surface area (Å²) >= 11 is 0. The quantitative estimate of drug-likeness (QED) is 0.354. The van der Waals surface area contributed by atoms with Gasteiger partial charge in [-0.05, 0) is 36.8 Å². The zero-order valence-electron chi connectivity index (χ0n) is 18.5. The van der Waals surface area contributed by atoms with E-state index in [0.717, 1.165) is 24.4 Å². The molecule has 0 spiro atoms. The van der Waals surface area contributed by atoms with Crippen molar-refractivity contribution in [2.45, 2.75) is 30.8 Å². The first kappa shape index (κ1) is 25.3. The maximum absolute atomic E-state index is 13.4. The average molecular weight is 522 g/mol. The van der Waals surface area contributed by atoms with E-state index in [2.05, 4.69) is 20.0 Å². The molecule has 8 nitrogen and oxygen atoms in total. The number of hydrogen-bond acceptors (Lipinski definition) is 6. The molecule has 1 amide bonds. The minimum atomic E-state index is -4.60. The van der Waals surface area contributed by atoms with Crippen LogP contribution in [0.4, 0.5) is 17.6 Å². The standard InChI is InChI=1S/C23H18F4N4O4S/c1-13(31-36(33,34)21-9-16-8-17(24)5-6-19(16)35-21)22(32)30-10-14-3-2-4-15(7-14)18-11-29-20(12-28-18)23(25,26)27/h2-9,11-13,31H,10H2,1H3,(H,30,32)/t13-/m0/s1. The predicted octanol–water partition coefficient (Wildman–Crippen LogP) is 4.03. The molecule has 0 fully saturated rings. The van der Waals surface area contributed by atoms with Crippen LogP contribution in [0, 0.1) is 5.82 Å². The topological polar surface area (TPSA) is 114 Å². The molecular weight excluding hydrogens is 504 g/mol. The second-order valence-corrected chi connectivity index (χ2v) is 9.44. The molecule has 0 aliphatic rings. The molecule has 0 unspecified atom stereocenters. The zero-order valence-corrected chi connectivity index (χ0v) is 19.3. The van der Waals surface area contributed by atoms with E-state index in [1.165, 1.54) is 13.0 Å². The Hall–Kier alpha value is -3.84. The Morgan fingerprint density at radius 1 is 1.08 bits per heavy atom. The number of benzene rings is 2. The number of nitrogens with one attached hydrogen (secondary N) is 2. The summed E-state index contributed by atoms with van der Waals surface area (Å²) in [6, 6.07) is 10.1. The van der Waals surface area contributed by atoms with Gasteiger partial charge in [0.2, 0.25) is 11.0 Å². The van der Waals surface area contributed by atoms with Gasteiger partial charge in [0.1, 0.15) is 11.4 Å². The Morgan fingerprint density at radius 2 is 1.86 bits per heavy atom. The number of amides is 1. The minimum Gasteiger partial charge on any atom is -0.443 e. The summed E-state index contributed by atoms with van der Waals surface area (Å²) in [6.45, 7) is 1.35. The third-order valence-corrected chi connectivity index (χ3v) is 6.47. The number of nitrogens with zero attached hydrogens (tertiary/aromatic N) is 2. The Balaban J connectivity index is 1.39. The summed E-state index contributed by atoms with van der Waals surface area (Å²) in [5.74, 6) is -1.19. The summed E-state index contributed by atoms with van der Waals surface area (Å²) in [4.78, 5) is 19.7. The summed E-state index contributed by atoms with van der Waals surface area (Å²) in [6.07, 6.45) is -2.96. The molecule has 2 heterocycles. The number of fused-ring (bicyclic) bond motifs is 1. The molecule has 4 aromatic rings. The lowest BCUT2D eigenvalue weighted by Crippen LogP contribution is -2.44. The van der Waals surface area contributed by atoms with Gasteiger partial charge in [0, 0.05) is 23.6 Å². The smallest absolute Gasteiger partial charge is 0.434 e. The lowest BCUT2D eigenvalue weighted by molar-refractivity contribution is -0.141. The van der Waals surface area contributed by atoms with Gasteiger partial charge in [-0.1, -0.05) is 18.2 Å². The number of hydrogen-bond donors (Lipinski definition) is 2. The highest BCUT2D eigenvalue weighted by molar-refractivity contribution is 7.89. The number of aromatic nitrogens is 2. The Kier molecular flexibility index (Phi) is 6.78. The van der Waals surface area contributed by atoms with Crippen molar-refractivity contribution in [3.8, 4) is 11.3 Å². The summed E-state index contributed by atoms with van der Waals surface area (Å²) in [5.41, 5.74) is 0.352. The number of rotatable bonds is 7. The van der Waals surface area contributed by atoms with Gasteiger partial charge in [-0.25, -0.2) is 17.8 Å². The molecule has 188 valence electrons. The van der Waals surface area contributed by atoms with Gasteiger partial charge < -0.3 is 9.73 Å². The molecule has 4 rings (SSSR count). The van der Waals surface area contributed by atoms with E-state index >= 15 is 0 Å². The molecule has 0 saturated carbocycles. The first-order valence-corrected chi connectivity index (χ1v) is 11.9. The molecule has 13 heteroatoms.